The number of aliphatic hydroxyl groups is 1. The minimum absolute atomic E-state index is 0.115. The molecule has 0 aromatic carbocycles. The molecule has 0 spiro atoms. The van der Waals surface area contributed by atoms with Gasteiger partial charge < -0.3 is 14.6 Å². The number of rotatable bonds is 7. The zero-order valence-corrected chi connectivity index (χ0v) is 9.60. The van der Waals surface area contributed by atoms with E-state index in [9.17, 15) is 0 Å². The van der Waals surface area contributed by atoms with Gasteiger partial charge in [0.1, 0.15) is 0 Å². The number of unbranched alkanes of at least 4 members (excludes halogenated alkanes) is 1. The van der Waals surface area contributed by atoms with E-state index in [1.165, 1.54) is 0 Å². The molecule has 0 saturated carbocycles. The Morgan fingerprint density at radius 2 is 2.06 bits per heavy atom. The first kappa shape index (κ1) is 13.2. The van der Waals surface area contributed by atoms with E-state index in [1.807, 2.05) is 12.2 Å². The van der Waals surface area contributed by atoms with Crippen molar-refractivity contribution in [2.75, 3.05) is 19.8 Å². The molecule has 90 valence electrons. The zero-order chi connectivity index (χ0) is 11.6. The van der Waals surface area contributed by atoms with Gasteiger partial charge in [0.25, 0.3) is 0 Å². The molecule has 0 atom stereocenters. The maximum absolute atomic E-state index is 8.58. The average Bonchev–Trinajstić information content (AvgIpc) is 2.81. The number of hydrogen-bond donors (Lipinski definition) is 1. The summed E-state index contributed by atoms with van der Waals surface area (Å²) in [7, 11) is 0. The van der Waals surface area contributed by atoms with Gasteiger partial charge in [-0.2, -0.15) is 0 Å². The molecule has 1 aliphatic heterocycles. The van der Waals surface area contributed by atoms with E-state index < -0.39 is 0 Å². The number of aliphatic hydroxyl groups excluding tert-OH is 1. The van der Waals surface area contributed by atoms with Gasteiger partial charge in [0.05, 0.1) is 19.8 Å². The molecule has 3 nitrogen and oxygen atoms in total. The summed E-state index contributed by atoms with van der Waals surface area (Å²) < 4.78 is 10.9. The van der Waals surface area contributed by atoms with Gasteiger partial charge in [0.15, 0.2) is 6.29 Å². The van der Waals surface area contributed by atoms with Gasteiger partial charge in [-0.3, -0.25) is 0 Å². The Kier molecular flexibility index (Phi) is 6.81. The van der Waals surface area contributed by atoms with Crippen LogP contribution < -0.4 is 0 Å². The normalized spacial score (nSPS) is 18.4. The second kappa shape index (κ2) is 8.28. The molecule has 0 aromatic rings. The van der Waals surface area contributed by atoms with E-state index in [0.717, 1.165) is 24.8 Å². The lowest BCUT2D eigenvalue weighted by Crippen LogP contribution is -2.11. The molecule has 0 amide bonds. The van der Waals surface area contributed by atoms with E-state index in [4.69, 9.17) is 14.6 Å². The lowest BCUT2D eigenvalue weighted by Gasteiger charge is -2.12. The summed E-state index contributed by atoms with van der Waals surface area (Å²) in [6, 6.07) is 0. The van der Waals surface area contributed by atoms with Crippen LogP contribution in [0.5, 0.6) is 0 Å². The molecule has 1 rings (SSSR count). The van der Waals surface area contributed by atoms with Crippen molar-refractivity contribution in [3.63, 3.8) is 0 Å². The monoisotopic (exact) mass is 224 g/mol. The van der Waals surface area contributed by atoms with Gasteiger partial charge in [-0.1, -0.05) is 30.9 Å². The molecule has 0 aromatic heterocycles. The summed E-state index contributed by atoms with van der Waals surface area (Å²) in [4.78, 5) is 0. The third-order valence-electron chi connectivity index (χ3n) is 2.36. The third-order valence-corrected chi connectivity index (χ3v) is 2.36. The highest BCUT2D eigenvalue weighted by atomic mass is 16.7. The van der Waals surface area contributed by atoms with Crippen LogP contribution in [0, 0.1) is 0 Å². The first-order valence-electron chi connectivity index (χ1n) is 5.69. The van der Waals surface area contributed by atoms with Crippen molar-refractivity contribution >= 4 is 0 Å². The summed E-state index contributed by atoms with van der Waals surface area (Å²) in [5, 5.41) is 8.58. The molecule has 0 radical (unpaired) electrons. The van der Waals surface area contributed by atoms with E-state index in [1.54, 1.807) is 12.2 Å². The van der Waals surface area contributed by atoms with Crippen LogP contribution in [-0.4, -0.2) is 31.2 Å². The van der Waals surface area contributed by atoms with Crippen molar-refractivity contribution in [3.05, 3.63) is 36.5 Å². The third kappa shape index (κ3) is 4.75. The molecule has 0 aliphatic carbocycles. The van der Waals surface area contributed by atoms with Crippen LogP contribution in [0.1, 0.15) is 19.3 Å². The summed E-state index contributed by atoms with van der Waals surface area (Å²) in [5.74, 6) is 0. The Hall–Kier alpha value is -0.900. The Bertz CT molecular complexity index is 250. The van der Waals surface area contributed by atoms with E-state index in [-0.39, 0.29) is 12.9 Å². The van der Waals surface area contributed by atoms with Crippen molar-refractivity contribution in [3.8, 4) is 0 Å². The second-order valence-electron chi connectivity index (χ2n) is 3.60. The number of ether oxygens (including phenoxy) is 2. The molecule has 0 bridgehead atoms. The molecule has 1 N–H and O–H groups in total. The molecular formula is C13H20O3. The lowest BCUT2D eigenvalue weighted by molar-refractivity contribution is -0.0135. The molecule has 16 heavy (non-hydrogen) atoms. The molecule has 1 fully saturated rings. The predicted molar refractivity (Wildman–Crippen MR) is 64.0 cm³/mol. The minimum Gasteiger partial charge on any atom is -0.392 e. The Labute approximate surface area is 97.1 Å². The number of allylic oxidation sites excluding steroid dienone is 3. The van der Waals surface area contributed by atoms with Crippen molar-refractivity contribution in [2.24, 2.45) is 0 Å². The highest BCUT2D eigenvalue weighted by molar-refractivity contribution is 5.13. The Morgan fingerprint density at radius 1 is 1.31 bits per heavy atom. The van der Waals surface area contributed by atoms with Crippen molar-refractivity contribution < 1.29 is 14.6 Å². The maximum Gasteiger partial charge on any atom is 0.180 e. The Morgan fingerprint density at radius 3 is 2.69 bits per heavy atom. The fraction of sp³-hybridized carbons (Fsp3) is 0.538. The fourth-order valence-corrected chi connectivity index (χ4v) is 1.62. The first-order chi connectivity index (χ1) is 7.88. The van der Waals surface area contributed by atoms with Crippen LogP contribution in [0.3, 0.4) is 0 Å². The van der Waals surface area contributed by atoms with Crippen molar-refractivity contribution in [1.29, 1.82) is 0 Å². The molecule has 1 heterocycles. The minimum atomic E-state index is -0.181. The summed E-state index contributed by atoms with van der Waals surface area (Å²) in [6.07, 6.45) is 10.2. The van der Waals surface area contributed by atoms with Gasteiger partial charge in [-0.05, 0) is 24.8 Å². The highest BCUT2D eigenvalue weighted by Crippen LogP contribution is 2.19. The number of hydrogen-bond acceptors (Lipinski definition) is 3. The largest absolute Gasteiger partial charge is 0.392 e. The topological polar surface area (TPSA) is 38.7 Å². The van der Waals surface area contributed by atoms with Crippen molar-refractivity contribution in [1.82, 2.24) is 0 Å². The van der Waals surface area contributed by atoms with Crippen LogP contribution in [-0.2, 0) is 9.47 Å². The van der Waals surface area contributed by atoms with Crippen molar-refractivity contribution in [2.45, 2.75) is 25.6 Å². The van der Waals surface area contributed by atoms with Gasteiger partial charge in [0.2, 0.25) is 0 Å². The fourth-order valence-electron chi connectivity index (χ4n) is 1.62. The van der Waals surface area contributed by atoms with Gasteiger partial charge in [0, 0.05) is 0 Å². The van der Waals surface area contributed by atoms with Gasteiger partial charge in [-0.25, -0.2) is 0 Å². The molecule has 0 unspecified atom stereocenters. The van der Waals surface area contributed by atoms with E-state index in [2.05, 4.69) is 6.58 Å². The quantitative estimate of drug-likeness (QED) is 0.409. The first-order valence-corrected chi connectivity index (χ1v) is 5.69. The lowest BCUT2D eigenvalue weighted by atomic mass is 10.1. The molecule has 1 saturated heterocycles. The average molecular weight is 224 g/mol. The SMILES string of the molecule is C=C/C=C(\CCC/C=C/CO)C1OCCO1. The molecule has 3 heteroatoms. The van der Waals surface area contributed by atoms with E-state index >= 15 is 0 Å². The molecular weight excluding hydrogens is 204 g/mol. The van der Waals surface area contributed by atoms with Crippen LogP contribution in [0.2, 0.25) is 0 Å². The van der Waals surface area contributed by atoms with Crippen LogP contribution in [0.4, 0.5) is 0 Å². The molecule has 1 aliphatic rings. The maximum atomic E-state index is 8.58. The van der Waals surface area contributed by atoms with E-state index in [0.29, 0.717) is 13.2 Å². The smallest absolute Gasteiger partial charge is 0.180 e. The van der Waals surface area contributed by atoms with Gasteiger partial charge in [-0.15, -0.1) is 0 Å². The summed E-state index contributed by atoms with van der Waals surface area (Å²) >= 11 is 0. The van der Waals surface area contributed by atoms with Gasteiger partial charge >= 0.3 is 0 Å². The standard InChI is InChI=1S/C13H20O3/c1-2-7-12(13-15-10-11-16-13)8-5-3-4-6-9-14/h2,4,6-7,13-14H,1,3,5,8-11H2/b6-4+,12-7+. The van der Waals surface area contributed by atoms with Crippen LogP contribution >= 0.6 is 0 Å². The summed E-state index contributed by atoms with van der Waals surface area (Å²) in [6.45, 7) is 5.15. The van der Waals surface area contributed by atoms with Crippen LogP contribution in [0.15, 0.2) is 36.5 Å². The van der Waals surface area contributed by atoms with Crippen LogP contribution in [0.25, 0.3) is 0 Å². The summed E-state index contributed by atoms with van der Waals surface area (Å²) in [5.41, 5.74) is 1.14. The predicted octanol–water partition coefficient (Wildman–Crippen LogP) is 2.19. The highest BCUT2D eigenvalue weighted by Gasteiger charge is 2.19. The zero-order valence-electron chi connectivity index (χ0n) is 9.60. The Balaban J connectivity index is 2.31. The second-order valence-corrected chi connectivity index (χ2v) is 3.60.